The van der Waals surface area contributed by atoms with Crippen LogP contribution in [0, 0.1) is 0 Å². The minimum Gasteiger partial charge on any atom is -2.00 e. The molecule has 0 bridgehead atoms. The molecule has 4 radical (unpaired) electrons. The summed E-state index contributed by atoms with van der Waals surface area (Å²) in [6.07, 6.45) is 0. The van der Waals surface area contributed by atoms with Crippen LogP contribution in [0.2, 0.25) is 0 Å². The molecule has 0 aliphatic rings. The summed E-state index contributed by atoms with van der Waals surface area (Å²) in [6, 6.07) is 0. The average Bonchev–Trinajstić information content (AvgIpc) is 0. The van der Waals surface area contributed by atoms with Crippen LogP contribution in [0.4, 0.5) is 0 Å². The van der Waals surface area contributed by atoms with Gasteiger partial charge in [-0.25, -0.2) is 0 Å². The van der Waals surface area contributed by atoms with Gasteiger partial charge >= 0.3 is 0 Å². The molecule has 28 valence electrons. The monoisotopic (exact) mass is 258 g/mol. The topological polar surface area (TPSA) is 88.5 Å². The zero-order valence-corrected chi connectivity index (χ0v) is 5.69. The van der Waals surface area contributed by atoms with E-state index < -0.39 is 0 Å². The van der Waals surface area contributed by atoms with Crippen LogP contribution in [0.5, 0.6) is 0 Å². The van der Waals surface area contributed by atoms with Gasteiger partial charge in [0.15, 0.2) is 0 Å². The van der Waals surface area contributed by atoms with Crippen LogP contribution in [0.25, 0.3) is 0 Å². The van der Waals surface area contributed by atoms with Crippen LogP contribution in [0.3, 0.4) is 0 Å². The molecule has 0 aliphatic carbocycles. The van der Waals surface area contributed by atoms with Crippen LogP contribution in [-0.4, -0.2) is 38.3 Å². The summed E-state index contributed by atoms with van der Waals surface area (Å²) in [5.41, 5.74) is 0. The van der Waals surface area contributed by atoms with Crippen molar-refractivity contribution >= 4 is 27.3 Å². The van der Waals surface area contributed by atoms with Gasteiger partial charge < -0.3 is 16.4 Å². The largest absolute Gasteiger partial charge is 2.00 e. The van der Waals surface area contributed by atoms with E-state index >= 15 is 0 Å². The molecule has 0 aliphatic heterocycles. The second-order valence-electron chi connectivity index (χ2n) is 0. The van der Waals surface area contributed by atoms with E-state index in [0.29, 0.717) is 0 Å². The molecule has 0 heterocycles. The summed E-state index contributed by atoms with van der Waals surface area (Å²) in [4.78, 5) is 0. The predicted octanol–water partition coefficient (Wildman–Crippen LogP) is -0.853. The average molecular weight is 257 g/mol. The molecule has 4 heteroatoms. The molecule has 0 unspecified atom stereocenters. The normalized spacial score (nSPS) is 0. The standard InChI is InChI=1S/2H2O.O.Pb/h2*1H2;;/q;;-2;/p-2. The maximum atomic E-state index is 0. The van der Waals surface area contributed by atoms with Crippen LogP contribution in [0.15, 0.2) is 0 Å². The van der Waals surface area contributed by atoms with E-state index in [0.717, 1.165) is 0 Å². The maximum absolute atomic E-state index is 0. The molecule has 0 spiro atoms. The van der Waals surface area contributed by atoms with E-state index in [-0.39, 0.29) is 43.7 Å². The number of rotatable bonds is 0. The van der Waals surface area contributed by atoms with Crippen LogP contribution < -0.4 is 0 Å². The molecule has 0 rings (SSSR count). The maximum Gasteiger partial charge on any atom is 0 e. The zero-order valence-electron chi connectivity index (χ0n) is 1.80. The van der Waals surface area contributed by atoms with Crippen LogP contribution in [0.1, 0.15) is 0 Å². The number of hydrogen-bond donors (Lipinski definition) is 0. The summed E-state index contributed by atoms with van der Waals surface area (Å²) < 4.78 is 0. The van der Waals surface area contributed by atoms with Gasteiger partial charge in [0.25, 0.3) is 0 Å². The molecule has 2 N–H and O–H groups in total. The fourth-order valence-corrected chi connectivity index (χ4v) is 0. The van der Waals surface area contributed by atoms with Gasteiger partial charge in [0.1, 0.15) is 0 Å². The molecular formula is H2O3Pb-4. The van der Waals surface area contributed by atoms with E-state index in [9.17, 15) is 0 Å². The summed E-state index contributed by atoms with van der Waals surface area (Å²) in [5.74, 6) is 0. The summed E-state index contributed by atoms with van der Waals surface area (Å²) in [5, 5.41) is 0. The van der Waals surface area contributed by atoms with E-state index in [1.807, 2.05) is 0 Å². The van der Waals surface area contributed by atoms with Crippen molar-refractivity contribution in [2.45, 2.75) is 0 Å². The molecule has 0 fully saturated rings. The molecule has 0 aromatic carbocycles. The van der Waals surface area contributed by atoms with Crippen molar-refractivity contribution in [1.29, 1.82) is 0 Å². The molecule has 4 heavy (non-hydrogen) atoms. The van der Waals surface area contributed by atoms with Gasteiger partial charge in [0, 0.05) is 27.3 Å². The van der Waals surface area contributed by atoms with Gasteiger partial charge in [0.2, 0.25) is 0 Å². The van der Waals surface area contributed by atoms with Crippen LogP contribution in [-0.2, 0) is 5.48 Å². The minimum atomic E-state index is 0. The van der Waals surface area contributed by atoms with Gasteiger partial charge in [-0.05, 0) is 0 Å². The van der Waals surface area contributed by atoms with Gasteiger partial charge in [0.05, 0.1) is 0 Å². The van der Waals surface area contributed by atoms with Gasteiger partial charge in [-0.1, -0.05) is 0 Å². The fourth-order valence-electron chi connectivity index (χ4n) is 0. The Balaban J connectivity index is 0. The van der Waals surface area contributed by atoms with Gasteiger partial charge in [-0.3, -0.25) is 0 Å². The van der Waals surface area contributed by atoms with Gasteiger partial charge in [-0.2, -0.15) is 0 Å². The zero-order chi connectivity index (χ0) is 0. The second kappa shape index (κ2) is 46.4. The first-order valence-electron chi connectivity index (χ1n) is 0. The summed E-state index contributed by atoms with van der Waals surface area (Å²) in [7, 11) is 0. The van der Waals surface area contributed by atoms with Crippen molar-refractivity contribution in [2.75, 3.05) is 0 Å². The Morgan fingerprint density at radius 2 is 0.750 bits per heavy atom. The van der Waals surface area contributed by atoms with Crippen molar-refractivity contribution < 1.29 is 16.4 Å². The third kappa shape index (κ3) is 14.1. The Hall–Kier alpha value is 0.802. The smallest absolute Gasteiger partial charge is 0 e. The van der Waals surface area contributed by atoms with Crippen molar-refractivity contribution in [3.05, 3.63) is 0 Å². The molecule has 3 nitrogen and oxygen atoms in total. The minimum absolute atomic E-state index is 0. The van der Waals surface area contributed by atoms with Crippen molar-refractivity contribution in [2.24, 2.45) is 0 Å². The first-order chi connectivity index (χ1) is 0. The Labute approximate surface area is 44.1 Å². The predicted molar refractivity (Wildman–Crippen MR) is 10.3 cm³/mol. The van der Waals surface area contributed by atoms with Crippen LogP contribution >= 0.6 is 0 Å². The Kier molecular flexibility index (Phi) is 1250. The second-order valence-corrected chi connectivity index (χ2v) is 0. The SMILES string of the molecule is [O-2].[OH-].[OH-].[Pb]. The van der Waals surface area contributed by atoms with E-state index in [4.69, 9.17) is 0 Å². The number of hydrogen-bond acceptors (Lipinski definition) is 2. The molecular weight excluding hydrogens is 255 g/mol. The quantitative estimate of drug-likeness (QED) is 0.529. The molecule has 0 amide bonds. The van der Waals surface area contributed by atoms with E-state index in [1.54, 1.807) is 0 Å². The summed E-state index contributed by atoms with van der Waals surface area (Å²) >= 11 is 0. The Morgan fingerprint density at radius 1 is 0.750 bits per heavy atom. The molecule has 0 aromatic heterocycles. The van der Waals surface area contributed by atoms with E-state index in [2.05, 4.69) is 0 Å². The Morgan fingerprint density at radius 3 is 0.750 bits per heavy atom. The van der Waals surface area contributed by atoms with Crippen molar-refractivity contribution in [1.82, 2.24) is 0 Å². The first-order valence-corrected chi connectivity index (χ1v) is 0. The van der Waals surface area contributed by atoms with E-state index in [1.165, 1.54) is 0 Å². The molecule has 0 saturated carbocycles. The molecule has 0 saturated heterocycles. The third-order valence-electron chi connectivity index (χ3n) is 0. The fraction of sp³-hybridized carbons (Fsp3) is 0. The first kappa shape index (κ1) is 108. The Bertz CT molecular complexity index is 3.25. The summed E-state index contributed by atoms with van der Waals surface area (Å²) in [6.45, 7) is 0. The molecule has 0 atom stereocenters. The molecule has 0 aromatic rings. The van der Waals surface area contributed by atoms with Crippen molar-refractivity contribution in [3.63, 3.8) is 0 Å². The third-order valence-corrected chi connectivity index (χ3v) is 0. The van der Waals surface area contributed by atoms with Crippen molar-refractivity contribution in [3.8, 4) is 0 Å². The van der Waals surface area contributed by atoms with Gasteiger partial charge in [-0.15, -0.1) is 0 Å².